The molecule has 0 radical (unpaired) electrons. The van der Waals surface area contributed by atoms with Gasteiger partial charge in [0, 0.05) is 32.8 Å². The lowest BCUT2D eigenvalue weighted by molar-refractivity contribution is -0.139. The van der Waals surface area contributed by atoms with Crippen molar-refractivity contribution < 1.29 is 22.7 Å². The smallest absolute Gasteiger partial charge is 0.309 e. The number of hydrogen-bond acceptors (Lipinski definition) is 5. The number of piperidine rings is 1. The van der Waals surface area contributed by atoms with Gasteiger partial charge >= 0.3 is 11.8 Å². The summed E-state index contributed by atoms with van der Waals surface area (Å²) in [5.41, 5.74) is 0.891. The van der Waals surface area contributed by atoms with Crippen LogP contribution in [0, 0.1) is 0 Å². The first-order valence-corrected chi connectivity index (χ1v) is 11.7. The number of ether oxygens (including phenoxy) is 1. The maximum absolute atomic E-state index is 12.6. The number of rotatable bonds is 7. The Kier molecular flexibility index (Phi) is 7.63. The molecule has 2 aliphatic rings. The van der Waals surface area contributed by atoms with Crippen LogP contribution in [0.3, 0.4) is 0 Å². The van der Waals surface area contributed by atoms with Gasteiger partial charge in [0.25, 0.3) is 0 Å². The van der Waals surface area contributed by atoms with Crippen LogP contribution < -0.4 is 10.6 Å². The van der Waals surface area contributed by atoms with Crippen LogP contribution in [0.1, 0.15) is 37.7 Å². The standard InChI is InChI=1S/C20H29N3O5S/c24-19(20(25)22-15-17-5-4-14-28-17)21-11-10-16-6-8-18(9-7-16)29(26,27)23-12-2-1-3-13-23/h6-9,17H,1-5,10-15H2,(H,21,24)(H,22,25)/t17-/m0/s1. The molecule has 3 rings (SSSR count). The number of nitrogens with one attached hydrogen (secondary N) is 2. The Bertz CT molecular complexity index is 798. The van der Waals surface area contributed by atoms with Crippen LogP contribution in [0.15, 0.2) is 29.2 Å². The molecule has 2 N–H and O–H groups in total. The Morgan fingerprint density at radius 3 is 2.34 bits per heavy atom. The van der Waals surface area contributed by atoms with Crippen LogP contribution in [0.2, 0.25) is 0 Å². The van der Waals surface area contributed by atoms with Crippen molar-refractivity contribution >= 4 is 21.8 Å². The number of amides is 2. The third kappa shape index (κ3) is 6.01. The maximum atomic E-state index is 12.6. The molecule has 8 nitrogen and oxygen atoms in total. The molecule has 1 aromatic rings. The number of carbonyl (C=O) groups is 2. The van der Waals surface area contributed by atoms with Crippen LogP contribution in [0.4, 0.5) is 0 Å². The fourth-order valence-corrected chi connectivity index (χ4v) is 5.09. The van der Waals surface area contributed by atoms with E-state index >= 15 is 0 Å². The first-order valence-electron chi connectivity index (χ1n) is 10.2. The Morgan fingerprint density at radius 1 is 1.00 bits per heavy atom. The molecular weight excluding hydrogens is 394 g/mol. The molecule has 1 aromatic carbocycles. The van der Waals surface area contributed by atoms with E-state index in [1.54, 1.807) is 28.6 Å². The van der Waals surface area contributed by atoms with E-state index in [2.05, 4.69) is 10.6 Å². The molecule has 29 heavy (non-hydrogen) atoms. The van der Waals surface area contributed by atoms with Gasteiger partial charge in [0.1, 0.15) is 0 Å². The van der Waals surface area contributed by atoms with Crippen LogP contribution in [-0.2, 0) is 30.8 Å². The summed E-state index contributed by atoms with van der Waals surface area (Å²) in [6.07, 6.45) is 5.25. The van der Waals surface area contributed by atoms with Gasteiger partial charge in [-0.25, -0.2) is 8.42 Å². The Labute approximate surface area is 172 Å². The first kappa shape index (κ1) is 21.7. The summed E-state index contributed by atoms with van der Waals surface area (Å²) in [6.45, 7) is 2.49. The summed E-state index contributed by atoms with van der Waals surface area (Å²) in [4.78, 5) is 23.9. The lowest BCUT2D eigenvalue weighted by Crippen LogP contribution is -2.43. The zero-order chi connectivity index (χ0) is 20.7. The molecule has 2 saturated heterocycles. The monoisotopic (exact) mass is 423 g/mol. The lowest BCUT2D eigenvalue weighted by atomic mass is 10.1. The molecule has 0 saturated carbocycles. The molecule has 2 amide bonds. The summed E-state index contributed by atoms with van der Waals surface area (Å²) in [7, 11) is -3.44. The predicted octanol–water partition coefficient (Wildman–Crippen LogP) is 0.815. The van der Waals surface area contributed by atoms with Gasteiger partial charge in [-0.1, -0.05) is 18.6 Å². The SMILES string of the molecule is O=C(NCCc1ccc(S(=O)(=O)N2CCCCC2)cc1)C(=O)NC[C@@H]1CCCO1. The number of nitrogens with zero attached hydrogens (tertiary/aromatic N) is 1. The fourth-order valence-electron chi connectivity index (χ4n) is 3.58. The highest BCUT2D eigenvalue weighted by atomic mass is 32.2. The molecule has 2 aliphatic heterocycles. The van der Waals surface area contributed by atoms with E-state index in [4.69, 9.17) is 4.74 Å². The first-order chi connectivity index (χ1) is 14.0. The Hall–Kier alpha value is -1.97. The predicted molar refractivity (Wildman–Crippen MR) is 108 cm³/mol. The fraction of sp³-hybridized carbons (Fsp3) is 0.600. The molecular formula is C20H29N3O5S. The number of benzene rings is 1. The van der Waals surface area contributed by atoms with Gasteiger partial charge < -0.3 is 15.4 Å². The third-order valence-corrected chi connectivity index (χ3v) is 7.21. The van der Waals surface area contributed by atoms with Crippen LogP contribution in [-0.4, -0.2) is 63.4 Å². The summed E-state index contributed by atoms with van der Waals surface area (Å²) in [5.74, 6) is -1.34. The highest BCUT2D eigenvalue weighted by Gasteiger charge is 2.25. The van der Waals surface area contributed by atoms with Crippen molar-refractivity contribution in [3.8, 4) is 0 Å². The second kappa shape index (κ2) is 10.2. The van der Waals surface area contributed by atoms with Gasteiger partial charge in [-0.3, -0.25) is 9.59 Å². The van der Waals surface area contributed by atoms with E-state index in [-0.39, 0.29) is 6.10 Å². The van der Waals surface area contributed by atoms with Crippen molar-refractivity contribution in [2.75, 3.05) is 32.8 Å². The molecule has 0 aliphatic carbocycles. The summed E-state index contributed by atoms with van der Waals surface area (Å²) < 4.78 is 32.2. The minimum atomic E-state index is -3.44. The zero-order valence-electron chi connectivity index (χ0n) is 16.6. The zero-order valence-corrected chi connectivity index (χ0v) is 17.4. The Balaban J connectivity index is 1.42. The molecule has 0 spiro atoms. The maximum Gasteiger partial charge on any atom is 0.309 e. The number of hydrogen-bond donors (Lipinski definition) is 2. The van der Waals surface area contributed by atoms with Gasteiger partial charge in [-0.05, 0) is 49.8 Å². The van der Waals surface area contributed by atoms with Crippen LogP contribution in [0.5, 0.6) is 0 Å². The van der Waals surface area contributed by atoms with E-state index in [1.807, 2.05) is 0 Å². The lowest BCUT2D eigenvalue weighted by Gasteiger charge is -2.25. The number of carbonyl (C=O) groups excluding carboxylic acids is 2. The quantitative estimate of drug-likeness (QED) is 0.632. The molecule has 2 fully saturated rings. The molecule has 1 atom stereocenters. The van der Waals surface area contributed by atoms with Gasteiger partial charge in [0.15, 0.2) is 0 Å². The second-order valence-electron chi connectivity index (χ2n) is 7.46. The minimum Gasteiger partial charge on any atom is -0.376 e. The summed E-state index contributed by atoms with van der Waals surface area (Å²) in [6, 6.07) is 6.71. The van der Waals surface area contributed by atoms with Crippen molar-refractivity contribution in [1.29, 1.82) is 0 Å². The number of sulfonamides is 1. The molecule has 2 heterocycles. The molecule has 0 unspecified atom stereocenters. The van der Waals surface area contributed by atoms with Crippen molar-refractivity contribution in [3.05, 3.63) is 29.8 Å². The van der Waals surface area contributed by atoms with Crippen molar-refractivity contribution in [1.82, 2.24) is 14.9 Å². The molecule has 160 valence electrons. The van der Waals surface area contributed by atoms with Gasteiger partial charge in [0.05, 0.1) is 11.0 Å². The third-order valence-electron chi connectivity index (χ3n) is 5.30. The Morgan fingerprint density at radius 2 is 1.69 bits per heavy atom. The molecule has 0 aromatic heterocycles. The normalized spacial score (nSPS) is 20.3. The van der Waals surface area contributed by atoms with E-state index in [0.29, 0.717) is 44.1 Å². The summed E-state index contributed by atoms with van der Waals surface area (Å²) in [5, 5.41) is 5.17. The van der Waals surface area contributed by atoms with E-state index in [0.717, 1.165) is 37.7 Å². The van der Waals surface area contributed by atoms with Crippen molar-refractivity contribution in [2.24, 2.45) is 0 Å². The van der Waals surface area contributed by atoms with Crippen LogP contribution >= 0.6 is 0 Å². The van der Waals surface area contributed by atoms with Crippen molar-refractivity contribution in [3.63, 3.8) is 0 Å². The highest BCUT2D eigenvalue weighted by Crippen LogP contribution is 2.20. The largest absolute Gasteiger partial charge is 0.376 e. The van der Waals surface area contributed by atoms with Crippen molar-refractivity contribution in [2.45, 2.75) is 49.5 Å². The highest BCUT2D eigenvalue weighted by molar-refractivity contribution is 7.89. The average Bonchev–Trinajstić information content (AvgIpc) is 3.26. The van der Waals surface area contributed by atoms with E-state index < -0.39 is 21.8 Å². The van der Waals surface area contributed by atoms with Gasteiger partial charge in [-0.15, -0.1) is 0 Å². The minimum absolute atomic E-state index is 0.00789. The topological polar surface area (TPSA) is 105 Å². The molecule has 9 heteroatoms. The van der Waals surface area contributed by atoms with E-state index in [1.165, 1.54) is 0 Å². The van der Waals surface area contributed by atoms with Gasteiger partial charge in [-0.2, -0.15) is 4.31 Å². The second-order valence-corrected chi connectivity index (χ2v) is 9.40. The summed E-state index contributed by atoms with van der Waals surface area (Å²) >= 11 is 0. The average molecular weight is 424 g/mol. The van der Waals surface area contributed by atoms with Gasteiger partial charge in [0.2, 0.25) is 10.0 Å². The molecule has 0 bridgehead atoms. The van der Waals surface area contributed by atoms with Crippen LogP contribution in [0.25, 0.3) is 0 Å². The van der Waals surface area contributed by atoms with E-state index in [9.17, 15) is 18.0 Å².